The number of hydrogen-bond acceptors (Lipinski definition) is 7. The number of methoxy groups -OCH3 is 1. The maximum atomic E-state index is 13.9. The Balaban J connectivity index is 1.83. The number of benzene rings is 2. The topological polar surface area (TPSA) is 111 Å². The molecule has 0 aliphatic rings. The molecule has 0 radical (unpaired) electrons. The summed E-state index contributed by atoms with van der Waals surface area (Å²) in [6.45, 7) is 5.34. The number of aryl methyl sites for hydroxylation is 1. The molecule has 204 valence electrons. The monoisotopic (exact) mass is 551 g/mol. The van der Waals surface area contributed by atoms with Gasteiger partial charge in [0.2, 0.25) is 21.7 Å². The number of aromatic nitrogens is 3. The second-order valence-electron chi connectivity index (χ2n) is 9.21. The fourth-order valence-electron chi connectivity index (χ4n) is 4.48. The molecular weight excluding hydrogens is 521 g/mol. The molecule has 1 N–H and O–H groups in total. The number of aromatic hydroxyl groups is 1. The van der Waals surface area contributed by atoms with E-state index in [-0.39, 0.29) is 4.90 Å². The number of ether oxygens (including phenoxy) is 1. The van der Waals surface area contributed by atoms with Crippen LogP contribution in [0.3, 0.4) is 0 Å². The molecule has 0 saturated heterocycles. The molecule has 10 heteroatoms. The van der Waals surface area contributed by atoms with E-state index in [0.717, 1.165) is 12.0 Å². The zero-order valence-electron chi connectivity index (χ0n) is 22.2. The Kier molecular flexibility index (Phi) is 8.15. The van der Waals surface area contributed by atoms with E-state index in [0.29, 0.717) is 41.1 Å². The number of nitrogens with zero attached hydrogens (tertiary/aromatic N) is 3. The van der Waals surface area contributed by atoms with Crippen molar-refractivity contribution in [1.29, 1.82) is 0 Å². The van der Waals surface area contributed by atoms with Crippen molar-refractivity contribution in [2.24, 2.45) is 0 Å². The van der Waals surface area contributed by atoms with Crippen LogP contribution >= 0.6 is 0 Å². The zero-order valence-corrected chi connectivity index (χ0v) is 23.0. The minimum atomic E-state index is -4.46. The summed E-state index contributed by atoms with van der Waals surface area (Å²) in [5.74, 6) is -0.507. The van der Waals surface area contributed by atoms with Gasteiger partial charge in [0.25, 0.3) is 5.56 Å². The highest BCUT2D eigenvalue weighted by atomic mass is 32.2. The van der Waals surface area contributed by atoms with Gasteiger partial charge in [0.05, 0.1) is 18.0 Å². The number of halogens is 1. The summed E-state index contributed by atoms with van der Waals surface area (Å²) < 4.78 is 47.8. The standard InChI is InChI=1S/C29H30FN3O5S/c1-5-6-7-25-32-28(34)26(29(35)33(25)19(3)20-8-12-22(38-4)13-9-20)39(36,37)23-14-10-21(11-15-23)24-16-17-31-27(30)18(24)2/h8-17,19,34H,5-7H2,1-4H3. The third kappa shape index (κ3) is 5.42. The summed E-state index contributed by atoms with van der Waals surface area (Å²) >= 11 is 0. The highest BCUT2D eigenvalue weighted by Gasteiger charge is 2.31. The summed E-state index contributed by atoms with van der Waals surface area (Å²) in [5, 5.41) is 10.7. The molecule has 39 heavy (non-hydrogen) atoms. The van der Waals surface area contributed by atoms with E-state index in [9.17, 15) is 22.7 Å². The highest BCUT2D eigenvalue weighted by Crippen LogP contribution is 2.30. The summed E-state index contributed by atoms with van der Waals surface area (Å²) in [5.41, 5.74) is 1.36. The fraction of sp³-hybridized carbons (Fsp3) is 0.276. The van der Waals surface area contributed by atoms with Crippen LogP contribution in [-0.2, 0) is 16.3 Å². The Morgan fingerprint density at radius 3 is 2.36 bits per heavy atom. The van der Waals surface area contributed by atoms with Crippen LogP contribution < -0.4 is 10.3 Å². The van der Waals surface area contributed by atoms with Crippen molar-refractivity contribution in [2.45, 2.75) is 55.9 Å². The van der Waals surface area contributed by atoms with Crippen LogP contribution in [0.5, 0.6) is 11.6 Å². The van der Waals surface area contributed by atoms with Crippen molar-refractivity contribution in [1.82, 2.24) is 14.5 Å². The second kappa shape index (κ2) is 11.4. The predicted octanol–water partition coefficient (Wildman–Crippen LogP) is 5.25. The molecule has 4 rings (SSSR count). The largest absolute Gasteiger partial charge is 0.497 e. The van der Waals surface area contributed by atoms with Gasteiger partial charge in [0.1, 0.15) is 11.6 Å². The first-order chi connectivity index (χ1) is 18.6. The predicted molar refractivity (Wildman–Crippen MR) is 145 cm³/mol. The lowest BCUT2D eigenvalue weighted by Crippen LogP contribution is -2.32. The Morgan fingerprint density at radius 2 is 1.74 bits per heavy atom. The van der Waals surface area contributed by atoms with Crippen molar-refractivity contribution in [3.8, 4) is 22.8 Å². The maximum Gasteiger partial charge on any atom is 0.277 e. The number of unbranched alkanes of at least 4 members (excludes halogenated alkanes) is 1. The van der Waals surface area contributed by atoms with E-state index in [1.165, 1.54) is 35.0 Å². The second-order valence-corrected chi connectivity index (χ2v) is 11.1. The Bertz CT molecular complexity index is 1650. The normalized spacial score (nSPS) is 12.3. The van der Waals surface area contributed by atoms with E-state index >= 15 is 0 Å². The van der Waals surface area contributed by atoms with E-state index in [1.54, 1.807) is 51.3 Å². The van der Waals surface area contributed by atoms with Crippen LogP contribution in [0, 0.1) is 12.9 Å². The number of hydrogen-bond donors (Lipinski definition) is 1. The van der Waals surface area contributed by atoms with E-state index in [4.69, 9.17) is 4.74 Å². The van der Waals surface area contributed by atoms with Gasteiger partial charge in [-0.15, -0.1) is 0 Å². The molecule has 1 atom stereocenters. The third-order valence-electron chi connectivity index (χ3n) is 6.76. The van der Waals surface area contributed by atoms with Crippen molar-refractivity contribution >= 4 is 9.84 Å². The first-order valence-electron chi connectivity index (χ1n) is 12.5. The highest BCUT2D eigenvalue weighted by molar-refractivity contribution is 7.91. The average molecular weight is 552 g/mol. The van der Waals surface area contributed by atoms with Crippen LogP contribution in [0.4, 0.5) is 4.39 Å². The molecule has 2 aromatic carbocycles. The zero-order chi connectivity index (χ0) is 28.3. The molecule has 0 aliphatic heterocycles. The van der Waals surface area contributed by atoms with E-state index in [2.05, 4.69) is 9.97 Å². The van der Waals surface area contributed by atoms with Crippen molar-refractivity contribution in [3.05, 3.63) is 94.0 Å². The lowest BCUT2D eigenvalue weighted by Gasteiger charge is -2.21. The van der Waals surface area contributed by atoms with Crippen molar-refractivity contribution < 1.29 is 22.7 Å². The van der Waals surface area contributed by atoms with Gasteiger partial charge < -0.3 is 9.84 Å². The van der Waals surface area contributed by atoms with Crippen LogP contribution in [0.2, 0.25) is 0 Å². The summed E-state index contributed by atoms with van der Waals surface area (Å²) in [7, 11) is -2.90. The lowest BCUT2D eigenvalue weighted by atomic mass is 10.0. The molecule has 2 aromatic heterocycles. The van der Waals surface area contributed by atoms with Gasteiger partial charge in [0, 0.05) is 18.2 Å². The van der Waals surface area contributed by atoms with Gasteiger partial charge in [-0.2, -0.15) is 9.37 Å². The smallest absolute Gasteiger partial charge is 0.277 e. The molecule has 2 heterocycles. The molecule has 0 saturated carbocycles. The summed E-state index contributed by atoms with van der Waals surface area (Å²) in [4.78, 5) is 20.6. The molecule has 0 spiro atoms. The van der Waals surface area contributed by atoms with Gasteiger partial charge in [-0.1, -0.05) is 37.6 Å². The summed E-state index contributed by atoms with van der Waals surface area (Å²) in [6, 6.07) is 13.9. The third-order valence-corrected chi connectivity index (χ3v) is 8.54. The van der Waals surface area contributed by atoms with Gasteiger partial charge in [0.15, 0.2) is 4.90 Å². The molecule has 0 bridgehead atoms. The molecule has 0 amide bonds. The van der Waals surface area contributed by atoms with Crippen molar-refractivity contribution in [3.63, 3.8) is 0 Å². The Labute approximate surface area is 226 Å². The fourth-order valence-corrected chi connectivity index (χ4v) is 5.83. The van der Waals surface area contributed by atoms with Crippen molar-refractivity contribution in [2.75, 3.05) is 7.11 Å². The molecule has 0 aliphatic carbocycles. The van der Waals surface area contributed by atoms with Crippen LogP contribution in [0.15, 0.2) is 75.4 Å². The molecule has 1 unspecified atom stereocenters. The Hall–Kier alpha value is -4.05. The summed E-state index contributed by atoms with van der Waals surface area (Å²) in [6.07, 6.45) is 3.24. The van der Waals surface area contributed by atoms with Crippen LogP contribution in [0.25, 0.3) is 11.1 Å². The number of sulfone groups is 1. The number of rotatable bonds is 9. The van der Waals surface area contributed by atoms with Gasteiger partial charge >= 0.3 is 0 Å². The van der Waals surface area contributed by atoms with E-state index in [1.807, 2.05) is 6.92 Å². The molecule has 0 fully saturated rings. The van der Waals surface area contributed by atoms with E-state index < -0.39 is 38.2 Å². The maximum absolute atomic E-state index is 13.9. The minimum absolute atomic E-state index is 0.197. The lowest BCUT2D eigenvalue weighted by molar-refractivity contribution is 0.411. The van der Waals surface area contributed by atoms with Gasteiger partial charge in [-0.25, -0.2) is 13.4 Å². The minimum Gasteiger partial charge on any atom is -0.497 e. The first kappa shape index (κ1) is 28.0. The van der Waals surface area contributed by atoms with Gasteiger partial charge in [-0.3, -0.25) is 9.36 Å². The molecular formula is C29H30FN3O5S. The van der Waals surface area contributed by atoms with Crippen LogP contribution in [-0.4, -0.2) is 35.2 Å². The SMILES string of the molecule is CCCCc1nc(O)c(S(=O)(=O)c2ccc(-c3ccnc(F)c3C)cc2)c(=O)n1C(C)c1ccc(OC)cc1. The molecule has 4 aromatic rings. The van der Waals surface area contributed by atoms with Gasteiger partial charge in [-0.05, 0) is 67.3 Å². The quantitative estimate of drug-likeness (QED) is 0.283. The first-order valence-corrected chi connectivity index (χ1v) is 14.0. The van der Waals surface area contributed by atoms with Crippen LogP contribution in [0.1, 0.15) is 49.7 Å². The average Bonchev–Trinajstić information content (AvgIpc) is 2.93. The number of pyridine rings is 1. The Morgan fingerprint density at radius 1 is 1.08 bits per heavy atom. The molecule has 8 nitrogen and oxygen atoms in total.